The topological polar surface area (TPSA) is 105 Å². The minimum atomic E-state index is -1.27. The fourth-order valence-electron chi connectivity index (χ4n) is 1.64. The summed E-state index contributed by atoms with van der Waals surface area (Å²) in [5.74, 6) is -1.24. The third kappa shape index (κ3) is 8.06. The summed E-state index contributed by atoms with van der Waals surface area (Å²) in [7, 11) is 0. The van der Waals surface area contributed by atoms with E-state index in [2.05, 4.69) is 10.6 Å². The summed E-state index contributed by atoms with van der Waals surface area (Å²) >= 11 is 5.47. The lowest BCUT2D eigenvalue weighted by Gasteiger charge is -2.15. The number of rotatable bonds is 9. The molecule has 0 aliphatic rings. The van der Waals surface area contributed by atoms with E-state index in [0.717, 1.165) is 5.56 Å². The minimum absolute atomic E-state index is 0.0289. The van der Waals surface area contributed by atoms with E-state index < -0.39 is 18.1 Å². The Morgan fingerprint density at radius 2 is 1.91 bits per heavy atom. The number of hydrogen-bond acceptors (Lipinski definition) is 4. The molecular formula is C15H19ClN2O5. The Hall–Kier alpha value is -2.28. The van der Waals surface area contributed by atoms with Gasteiger partial charge in [0.15, 0.2) is 0 Å². The number of benzene rings is 1. The second kappa shape index (κ2) is 10.4. The van der Waals surface area contributed by atoms with Crippen LogP contribution in [0.2, 0.25) is 0 Å². The zero-order valence-corrected chi connectivity index (χ0v) is 13.2. The summed E-state index contributed by atoms with van der Waals surface area (Å²) in [5.41, 5.74) is 0.781. The van der Waals surface area contributed by atoms with Gasteiger partial charge in [0.2, 0.25) is 5.91 Å². The molecule has 8 heteroatoms. The maximum absolute atomic E-state index is 11.6. The lowest BCUT2D eigenvalue weighted by molar-refractivity contribution is -0.139. The first-order valence-electron chi connectivity index (χ1n) is 7.05. The molecule has 0 aliphatic carbocycles. The Kier molecular flexibility index (Phi) is 8.52. The van der Waals surface area contributed by atoms with Crippen molar-refractivity contribution in [2.75, 3.05) is 12.4 Å². The van der Waals surface area contributed by atoms with Crippen LogP contribution < -0.4 is 10.6 Å². The van der Waals surface area contributed by atoms with Crippen molar-refractivity contribution in [3.8, 4) is 0 Å². The van der Waals surface area contributed by atoms with Crippen molar-refractivity contribution in [1.29, 1.82) is 0 Å². The standard InChI is InChI=1S/C15H19ClN2O5/c16-8-4-7-13(19)17-9-12(14(20)21)18-15(22)23-10-11-5-2-1-3-6-11/h1-3,5-6,12H,4,7-10H2,(H,17,19)(H,18,22)(H,20,21)/t12-/m1/s1. The lowest BCUT2D eigenvalue weighted by atomic mass is 10.2. The number of nitrogens with one attached hydrogen (secondary N) is 2. The summed E-state index contributed by atoms with van der Waals surface area (Å²) in [5, 5.41) is 13.7. The van der Waals surface area contributed by atoms with Gasteiger partial charge >= 0.3 is 12.1 Å². The summed E-state index contributed by atoms with van der Waals surface area (Å²) < 4.78 is 4.94. The number of carbonyl (C=O) groups is 3. The number of alkyl carbamates (subject to hydrolysis) is 1. The molecule has 1 atom stereocenters. The normalized spacial score (nSPS) is 11.3. The van der Waals surface area contributed by atoms with Gasteiger partial charge in [-0.2, -0.15) is 0 Å². The molecule has 7 nitrogen and oxygen atoms in total. The Bertz CT molecular complexity index is 524. The van der Waals surface area contributed by atoms with Crippen molar-refractivity contribution in [2.24, 2.45) is 0 Å². The zero-order chi connectivity index (χ0) is 17.1. The van der Waals surface area contributed by atoms with Gasteiger partial charge in [-0.3, -0.25) is 4.79 Å². The van der Waals surface area contributed by atoms with Crippen LogP contribution in [0.3, 0.4) is 0 Å². The third-order valence-corrected chi connectivity index (χ3v) is 3.11. The van der Waals surface area contributed by atoms with Gasteiger partial charge in [0.25, 0.3) is 0 Å². The highest BCUT2D eigenvalue weighted by Gasteiger charge is 2.21. The van der Waals surface area contributed by atoms with Crippen molar-refractivity contribution in [3.63, 3.8) is 0 Å². The molecule has 1 aromatic rings. The lowest BCUT2D eigenvalue weighted by Crippen LogP contribution is -2.48. The molecule has 0 spiro atoms. The molecule has 0 aliphatic heterocycles. The van der Waals surface area contributed by atoms with Crippen LogP contribution in [0.25, 0.3) is 0 Å². The Morgan fingerprint density at radius 1 is 1.22 bits per heavy atom. The second-order valence-corrected chi connectivity index (χ2v) is 5.07. The van der Waals surface area contributed by atoms with Crippen LogP contribution in [0.5, 0.6) is 0 Å². The molecule has 0 aromatic heterocycles. The number of halogens is 1. The van der Waals surface area contributed by atoms with Crippen molar-refractivity contribution < 1.29 is 24.2 Å². The third-order valence-electron chi connectivity index (χ3n) is 2.84. The molecule has 0 bridgehead atoms. The van der Waals surface area contributed by atoms with E-state index in [1.165, 1.54) is 0 Å². The number of amides is 2. The molecule has 0 unspecified atom stereocenters. The Labute approximate surface area is 139 Å². The van der Waals surface area contributed by atoms with E-state index in [1.54, 1.807) is 24.3 Å². The first-order chi connectivity index (χ1) is 11.0. The first-order valence-corrected chi connectivity index (χ1v) is 7.59. The average Bonchev–Trinajstić information content (AvgIpc) is 2.55. The largest absolute Gasteiger partial charge is 0.480 e. The van der Waals surface area contributed by atoms with Gasteiger partial charge in [-0.1, -0.05) is 30.3 Å². The monoisotopic (exact) mass is 342 g/mol. The van der Waals surface area contributed by atoms with Gasteiger partial charge < -0.3 is 20.5 Å². The molecule has 1 aromatic carbocycles. The predicted molar refractivity (Wildman–Crippen MR) is 84.2 cm³/mol. The molecular weight excluding hydrogens is 324 g/mol. The van der Waals surface area contributed by atoms with Crippen LogP contribution in [0.15, 0.2) is 30.3 Å². The van der Waals surface area contributed by atoms with Crippen LogP contribution in [0, 0.1) is 0 Å². The van der Waals surface area contributed by atoms with Crippen LogP contribution in [-0.4, -0.2) is 41.5 Å². The van der Waals surface area contributed by atoms with Gasteiger partial charge in [-0.15, -0.1) is 11.6 Å². The minimum Gasteiger partial charge on any atom is -0.480 e. The highest BCUT2D eigenvalue weighted by atomic mass is 35.5. The van der Waals surface area contributed by atoms with Gasteiger partial charge in [0.1, 0.15) is 12.6 Å². The first kappa shape index (κ1) is 18.8. The van der Waals surface area contributed by atoms with Crippen LogP contribution >= 0.6 is 11.6 Å². The zero-order valence-electron chi connectivity index (χ0n) is 12.5. The summed E-state index contributed by atoms with van der Waals surface area (Å²) in [6.45, 7) is -0.196. The number of aliphatic carboxylic acids is 1. The molecule has 126 valence electrons. The number of hydrogen-bond donors (Lipinski definition) is 3. The van der Waals surface area contributed by atoms with Crippen molar-refractivity contribution in [1.82, 2.24) is 10.6 Å². The average molecular weight is 343 g/mol. The molecule has 23 heavy (non-hydrogen) atoms. The van der Waals surface area contributed by atoms with Crippen molar-refractivity contribution in [2.45, 2.75) is 25.5 Å². The summed E-state index contributed by atoms with van der Waals surface area (Å²) in [4.78, 5) is 34.1. The number of carbonyl (C=O) groups excluding carboxylic acids is 2. The van der Waals surface area contributed by atoms with Crippen molar-refractivity contribution in [3.05, 3.63) is 35.9 Å². The molecule has 1 rings (SSSR count). The van der Waals surface area contributed by atoms with E-state index in [4.69, 9.17) is 21.4 Å². The van der Waals surface area contributed by atoms with Gasteiger partial charge in [-0.25, -0.2) is 9.59 Å². The SMILES string of the molecule is O=C(CCCCl)NC[C@@H](NC(=O)OCc1ccccc1)C(=O)O. The summed E-state index contributed by atoms with van der Waals surface area (Å²) in [6.07, 6.45) is -0.164. The van der Waals surface area contributed by atoms with E-state index >= 15 is 0 Å². The quantitative estimate of drug-likeness (QED) is 0.590. The molecule has 3 N–H and O–H groups in total. The molecule has 2 amide bonds. The van der Waals surface area contributed by atoms with Gasteiger partial charge in [-0.05, 0) is 12.0 Å². The number of alkyl halides is 1. The fourth-order valence-corrected chi connectivity index (χ4v) is 1.77. The van der Waals surface area contributed by atoms with E-state index in [1.807, 2.05) is 6.07 Å². The smallest absolute Gasteiger partial charge is 0.408 e. The maximum atomic E-state index is 11.6. The van der Waals surface area contributed by atoms with Gasteiger partial charge in [0, 0.05) is 18.8 Å². The van der Waals surface area contributed by atoms with E-state index in [-0.39, 0.29) is 25.5 Å². The van der Waals surface area contributed by atoms with E-state index in [0.29, 0.717) is 12.3 Å². The highest BCUT2D eigenvalue weighted by molar-refractivity contribution is 6.17. The number of carboxylic acid groups (broad SMARTS) is 1. The Balaban J connectivity index is 2.38. The fraction of sp³-hybridized carbons (Fsp3) is 0.400. The molecule has 0 heterocycles. The van der Waals surface area contributed by atoms with E-state index in [9.17, 15) is 14.4 Å². The molecule has 0 radical (unpaired) electrons. The summed E-state index contributed by atoms with van der Waals surface area (Å²) in [6, 6.07) is 7.72. The highest BCUT2D eigenvalue weighted by Crippen LogP contribution is 2.01. The maximum Gasteiger partial charge on any atom is 0.408 e. The number of carboxylic acids is 1. The number of ether oxygens (including phenoxy) is 1. The van der Waals surface area contributed by atoms with Gasteiger partial charge in [0.05, 0.1) is 0 Å². The Morgan fingerprint density at radius 3 is 2.52 bits per heavy atom. The molecule has 0 saturated heterocycles. The predicted octanol–water partition coefficient (Wildman–Crippen LogP) is 1.50. The second-order valence-electron chi connectivity index (χ2n) is 4.69. The van der Waals surface area contributed by atoms with Crippen LogP contribution in [-0.2, 0) is 20.9 Å². The van der Waals surface area contributed by atoms with Crippen molar-refractivity contribution >= 4 is 29.6 Å². The molecule has 0 fully saturated rings. The molecule has 0 saturated carbocycles. The van der Waals surface area contributed by atoms with Crippen LogP contribution in [0.1, 0.15) is 18.4 Å². The van der Waals surface area contributed by atoms with Crippen LogP contribution in [0.4, 0.5) is 4.79 Å².